The number of hydrogen-bond acceptors (Lipinski definition) is 5. The maximum Gasteiger partial charge on any atom is 0.262 e. The van der Waals surface area contributed by atoms with Crippen molar-refractivity contribution in [3.63, 3.8) is 0 Å². The summed E-state index contributed by atoms with van der Waals surface area (Å²) in [6.45, 7) is 4.40. The first-order valence-corrected chi connectivity index (χ1v) is 9.03. The van der Waals surface area contributed by atoms with E-state index < -0.39 is 5.91 Å². The summed E-state index contributed by atoms with van der Waals surface area (Å²) < 4.78 is 5.09. The Hall–Kier alpha value is -3.06. The molecule has 0 saturated carbocycles. The molecule has 7 heteroatoms. The van der Waals surface area contributed by atoms with Gasteiger partial charge in [0.1, 0.15) is 5.76 Å². The first-order valence-electron chi connectivity index (χ1n) is 9.03. The molecule has 0 unspecified atom stereocenters. The van der Waals surface area contributed by atoms with E-state index >= 15 is 0 Å². The number of carbonyl (C=O) groups excluding carboxylic acids is 2. The summed E-state index contributed by atoms with van der Waals surface area (Å²) in [7, 11) is 0. The van der Waals surface area contributed by atoms with Gasteiger partial charge in [0.2, 0.25) is 5.91 Å². The smallest absolute Gasteiger partial charge is 0.262 e. The van der Waals surface area contributed by atoms with Crippen LogP contribution in [0.25, 0.3) is 6.08 Å². The van der Waals surface area contributed by atoms with Crippen LogP contribution in [0.2, 0.25) is 0 Å². The van der Waals surface area contributed by atoms with Gasteiger partial charge in [-0.3, -0.25) is 25.3 Å². The average molecular weight is 368 g/mol. The molecule has 1 fully saturated rings. The van der Waals surface area contributed by atoms with Crippen LogP contribution in [0.1, 0.15) is 12.2 Å². The minimum absolute atomic E-state index is 0.208. The van der Waals surface area contributed by atoms with Crippen molar-refractivity contribution in [3.8, 4) is 0 Å². The lowest BCUT2D eigenvalue weighted by Crippen LogP contribution is -2.48. The van der Waals surface area contributed by atoms with E-state index in [1.54, 1.807) is 12.1 Å². The minimum Gasteiger partial charge on any atom is -0.465 e. The Balaban J connectivity index is 1.31. The molecule has 1 saturated heterocycles. The van der Waals surface area contributed by atoms with Gasteiger partial charge in [-0.1, -0.05) is 18.2 Å². The molecule has 3 rings (SSSR count). The molecule has 2 heterocycles. The van der Waals surface area contributed by atoms with E-state index in [1.165, 1.54) is 24.1 Å². The fraction of sp³-hybridized carbons (Fsp3) is 0.300. The number of hydrazine groups is 1. The van der Waals surface area contributed by atoms with Gasteiger partial charge in [0.15, 0.2) is 0 Å². The molecular weight excluding hydrogens is 344 g/mol. The van der Waals surface area contributed by atoms with E-state index in [4.69, 9.17) is 4.42 Å². The molecule has 0 radical (unpaired) electrons. The average Bonchev–Trinajstić information content (AvgIpc) is 3.24. The number of nitrogens with zero attached hydrogens (tertiary/aromatic N) is 2. The Morgan fingerprint density at radius 3 is 2.48 bits per heavy atom. The third-order valence-corrected chi connectivity index (χ3v) is 4.42. The summed E-state index contributed by atoms with van der Waals surface area (Å²) in [6, 6.07) is 13.8. The predicted molar refractivity (Wildman–Crippen MR) is 104 cm³/mol. The first kappa shape index (κ1) is 18.7. The van der Waals surface area contributed by atoms with Crippen molar-refractivity contribution in [2.24, 2.45) is 0 Å². The maximum absolute atomic E-state index is 11.9. The van der Waals surface area contributed by atoms with Crippen LogP contribution in [0.4, 0.5) is 5.69 Å². The van der Waals surface area contributed by atoms with E-state index in [0.29, 0.717) is 18.7 Å². The van der Waals surface area contributed by atoms with Crippen molar-refractivity contribution in [2.75, 3.05) is 37.6 Å². The van der Waals surface area contributed by atoms with Crippen LogP contribution in [-0.2, 0) is 9.59 Å². The number of hydrogen-bond donors (Lipinski definition) is 2. The molecule has 1 aliphatic heterocycles. The van der Waals surface area contributed by atoms with Crippen LogP contribution in [0.3, 0.4) is 0 Å². The highest BCUT2D eigenvalue weighted by molar-refractivity contribution is 5.92. The molecule has 27 heavy (non-hydrogen) atoms. The van der Waals surface area contributed by atoms with Crippen molar-refractivity contribution in [3.05, 3.63) is 60.6 Å². The second kappa shape index (κ2) is 9.59. The monoisotopic (exact) mass is 368 g/mol. The molecule has 0 atom stereocenters. The maximum atomic E-state index is 11.9. The van der Waals surface area contributed by atoms with Crippen LogP contribution in [0, 0.1) is 0 Å². The van der Waals surface area contributed by atoms with Gasteiger partial charge in [0, 0.05) is 50.9 Å². The molecule has 0 spiro atoms. The quantitative estimate of drug-likeness (QED) is 0.599. The van der Waals surface area contributed by atoms with E-state index in [-0.39, 0.29) is 5.91 Å². The summed E-state index contributed by atoms with van der Waals surface area (Å²) >= 11 is 0. The summed E-state index contributed by atoms with van der Waals surface area (Å²) in [4.78, 5) is 28.2. The Kier molecular flexibility index (Phi) is 6.65. The highest BCUT2D eigenvalue weighted by atomic mass is 16.3. The van der Waals surface area contributed by atoms with Crippen LogP contribution in [0.5, 0.6) is 0 Å². The van der Waals surface area contributed by atoms with Gasteiger partial charge in [0.25, 0.3) is 5.91 Å². The zero-order valence-electron chi connectivity index (χ0n) is 15.1. The van der Waals surface area contributed by atoms with Crippen molar-refractivity contribution >= 4 is 23.6 Å². The summed E-state index contributed by atoms with van der Waals surface area (Å²) in [5.74, 6) is -0.0393. The summed E-state index contributed by atoms with van der Waals surface area (Å²) in [5.41, 5.74) is 6.03. The Bertz CT molecular complexity index is 751. The van der Waals surface area contributed by atoms with Gasteiger partial charge in [0.05, 0.1) is 6.26 Å². The van der Waals surface area contributed by atoms with E-state index in [9.17, 15) is 9.59 Å². The fourth-order valence-electron chi connectivity index (χ4n) is 2.91. The number of benzene rings is 1. The summed E-state index contributed by atoms with van der Waals surface area (Å²) in [5, 5.41) is 0. The molecule has 7 nitrogen and oxygen atoms in total. The second-order valence-electron chi connectivity index (χ2n) is 6.30. The molecule has 1 aromatic heterocycles. The van der Waals surface area contributed by atoms with E-state index in [1.807, 2.05) is 18.2 Å². The first-order chi connectivity index (χ1) is 13.2. The Morgan fingerprint density at radius 1 is 1.00 bits per heavy atom. The number of rotatable bonds is 6. The minimum atomic E-state index is -0.406. The van der Waals surface area contributed by atoms with Gasteiger partial charge >= 0.3 is 0 Å². The van der Waals surface area contributed by atoms with Crippen molar-refractivity contribution < 1.29 is 14.0 Å². The van der Waals surface area contributed by atoms with Gasteiger partial charge in [-0.2, -0.15) is 0 Å². The lowest BCUT2D eigenvalue weighted by Gasteiger charge is -2.36. The van der Waals surface area contributed by atoms with E-state index in [2.05, 4.69) is 32.8 Å². The number of piperazine rings is 1. The molecule has 2 N–H and O–H groups in total. The molecular formula is C20H24N4O3. The normalized spacial score (nSPS) is 15.0. The lowest BCUT2D eigenvalue weighted by molar-refractivity contribution is -0.127. The number of para-hydroxylation sites is 1. The zero-order valence-corrected chi connectivity index (χ0v) is 15.1. The third-order valence-electron chi connectivity index (χ3n) is 4.42. The molecule has 1 aliphatic rings. The SMILES string of the molecule is O=C(/C=C/c1ccco1)NNC(=O)CCN1CCN(c2ccccc2)CC1. The van der Waals surface area contributed by atoms with Crippen molar-refractivity contribution in [1.29, 1.82) is 0 Å². The van der Waals surface area contributed by atoms with Gasteiger partial charge in [-0.05, 0) is 30.3 Å². The van der Waals surface area contributed by atoms with Crippen LogP contribution in [-0.4, -0.2) is 49.4 Å². The Labute approximate surface area is 158 Å². The predicted octanol–water partition coefficient (Wildman–Crippen LogP) is 1.65. The molecule has 2 amide bonds. The number of amides is 2. The second-order valence-corrected chi connectivity index (χ2v) is 6.30. The highest BCUT2D eigenvalue weighted by Crippen LogP contribution is 2.15. The number of nitrogens with one attached hydrogen (secondary N) is 2. The largest absolute Gasteiger partial charge is 0.465 e. The molecule has 0 aliphatic carbocycles. The van der Waals surface area contributed by atoms with Gasteiger partial charge in [-0.15, -0.1) is 0 Å². The number of furan rings is 1. The Morgan fingerprint density at radius 2 is 1.78 bits per heavy atom. The highest BCUT2D eigenvalue weighted by Gasteiger charge is 2.17. The number of anilines is 1. The van der Waals surface area contributed by atoms with Gasteiger partial charge in [-0.25, -0.2) is 0 Å². The topological polar surface area (TPSA) is 77.8 Å². The standard InChI is InChI=1S/C20H24N4O3/c25-19(9-8-18-7-4-16-27-18)21-22-20(26)10-11-23-12-14-24(15-13-23)17-5-2-1-3-6-17/h1-9,16H,10-15H2,(H,21,25)(H,22,26)/b9-8+. The van der Waals surface area contributed by atoms with E-state index in [0.717, 1.165) is 26.2 Å². The number of carbonyl (C=O) groups is 2. The van der Waals surface area contributed by atoms with Gasteiger partial charge < -0.3 is 9.32 Å². The van der Waals surface area contributed by atoms with Crippen molar-refractivity contribution in [2.45, 2.75) is 6.42 Å². The van der Waals surface area contributed by atoms with Crippen LogP contribution in [0.15, 0.2) is 59.2 Å². The van der Waals surface area contributed by atoms with Crippen molar-refractivity contribution in [1.82, 2.24) is 15.8 Å². The zero-order chi connectivity index (χ0) is 18.9. The molecule has 0 bridgehead atoms. The van der Waals surface area contributed by atoms with Crippen LogP contribution >= 0.6 is 0 Å². The lowest BCUT2D eigenvalue weighted by atomic mass is 10.2. The third kappa shape index (κ3) is 6.00. The molecule has 1 aromatic carbocycles. The summed E-state index contributed by atoms with van der Waals surface area (Å²) in [6.07, 6.45) is 4.71. The molecule has 2 aromatic rings. The fourth-order valence-corrected chi connectivity index (χ4v) is 2.91. The van der Waals surface area contributed by atoms with Crippen LogP contribution < -0.4 is 15.8 Å². The molecule has 142 valence electrons.